The molecule has 2 N–H and O–H groups in total. The molecule has 0 aromatic heterocycles. The molecule has 6 nitrogen and oxygen atoms in total. The summed E-state index contributed by atoms with van der Waals surface area (Å²) >= 11 is 0. The summed E-state index contributed by atoms with van der Waals surface area (Å²) in [6.45, 7) is 4.59. The molecular weight excluding hydrogens is 366 g/mol. The van der Waals surface area contributed by atoms with Crippen LogP contribution in [0, 0.1) is 0 Å². The second-order valence-corrected chi connectivity index (χ2v) is 7.32. The Morgan fingerprint density at radius 2 is 1.72 bits per heavy atom. The molecule has 29 heavy (non-hydrogen) atoms. The fourth-order valence-electron chi connectivity index (χ4n) is 3.67. The molecule has 156 valence electrons. The molecule has 6 heteroatoms. The van der Waals surface area contributed by atoms with Crippen LogP contribution < -0.4 is 20.1 Å². The lowest BCUT2D eigenvalue weighted by Crippen LogP contribution is -2.44. The van der Waals surface area contributed by atoms with Crippen molar-refractivity contribution in [3.05, 3.63) is 59.7 Å². The number of piperidine rings is 1. The average Bonchev–Trinajstić information content (AvgIpc) is 2.77. The minimum atomic E-state index is -0.106. The zero-order chi connectivity index (χ0) is 20.5. The molecule has 0 aliphatic carbocycles. The van der Waals surface area contributed by atoms with Crippen molar-refractivity contribution in [1.29, 1.82) is 0 Å². The third-order valence-corrected chi connectivity index (χ3v) is 5.33. The summed E-state index contributed by atoms with van der Waals surface area (Å²) in [7, 11) is 3.14. The normalized spacial score (nSPS) is 15.1. The second kappa shape index (κ2) is 10.8. The lowest BCUT2D eigenvalue weighted by molar-refractivity contribution is 0.0952. The van der Waals surface area contributed by atoms with Crippen molar-refractivity contribution >= 4 is 5.91 Å². The Labute approximate surface area is 173 Å². The molecule has 1 aliphatic heterocycles. The molecule has 1 amide bonds. The van der Waals surface area contributed by atoms with Crippen molar-refractivity contribution < 1.29 is 14.3 Å². The van der Waals surface area contributed by atoms with Crippen LogP contribution in [0.25, 0.3) is 0 Å². The Morgan fingerprint density at radius 1 is 1.00 bits per heavy atom. The maximum Gasteiger partial charge on any atom is 0.251 e. The minimum Gasteiger partial charge on any atom is -0.493 e. The number of amides is 1. The van der Waals surface area contributed by atoms with E-state index in [2.05, 4.69) is 45.9 Å². The van der Waals surface area contributed by atoms with Gasteiger partial charge in [0.15, 0.2) is 11.5 Å². The molecule has 0 spiro atoms. The molecule has 3 rings (SSSR count). The van der Waals surface area contributed by atoms with Gasteiger partial charge in [-0.15, -0.1) is 0 Å². The van der Waals surface area contributed by atoms with Crippen molar-refractivity contribution in [2.45, 2.75) is 25.4 Å². The first-order valence-electron chi connectivity index (χ1n) is 10.2. The summed E-state index contributed by atoms with van der Waals surface area (Å²) in [5, 5.41) is 6.53. The van der Waals surface area contributed by atoms with Crippen molar-refractivity contribution in [2.75, 3.05) is 40.4 Å². The Hall–Kier alpha value is -2.57. The number of carbonyl (C=O) groups excluding carboxylic acids is 1. The number of rotatable bonds is 9. The Morgan fingerprint density at radius 3 is 2.41 bits per heavy atom. The Kier molecular flexibility index (Phi) is 7.90. The second-order valence-electron chi connectivity index (χ2n) is 7.32. The van der Waals surface area contributed by atoms with Crippen LogP contribution in [-0.4, -0.2) is 57.2 Å². The van der Waals surface area contributed by atoms with E-state index in [-0.39, 0.29) is 5.91 Å². The molecule has 1 fully saturated rings. The fraction of sp³-hybridized carbons (Fsp3) is 0.435. The number of likely N-dealkylation sites (tertiary alicyclic amines) is 1. The minimum absolute atomic E-state index is 0.106. The molecule has 0 saturated carbocycles. The van der Waals surface area contributed by atoms with Gasteiger partial charge in [0.2, 0.25) is 0 Å². The van der Waals surface area contributed by atoms with Crippen LogP contribution in [0.3, 0.4) is 0 Å². The van der Waals surface area contributed by atoms with Crippen LogP contribution in [0.2, 0.25) is 0 Å². The number of nitrogens with one attached hydrogen (secondary N) is 2. The molecule has 1 heterocycles. The van der Waals surface area contributed by atoms with E-state index in [1.807, 2.05) is 0 Å². The average molecular weight is 398 g/mol. The van der Waals surface area contributed by atoms with Gasteiger partial charge < -0.3 is 20.1 Å². The predicted molar refractivity (Wildman–Crippen MR) is 115 cm³/mol. The standard InChI is InChI=1S/C23H31N3O3/c1-28-21-9-8-19(16-22(21)29-2)23(27)25-13-12-24-20-10-14-26(15-11-20)17-18-6-4-3-5-7-18/h3-9,16,20,24H,10-15,17H2,1-2H3,(H,25,27). The van der Waals surface area contributed by atoms with E-state index in [0.717, 1.165) is 39.0 Å². The van der Waals surface area contributed by atoms with Crippen LogP contribution >= 0.6 is 0 Å². The van der Waals surface area contributed by atoms with Gasteiger partial charge in [-0.2, -0.15) is 0 Å². The lowest BCUT2D eigenvalue weighted by Gasteiger charge is -2.32. The van der Waals surface area contributed by atoms with E-state index in [4.69, 9.17) is 9.47 Å². The maximum atomic E-state index is 12.3. The highest BCUT2D eigenvalue weighted by Gasteiger charge is 2.18. The summed E-state index contributed by atoms with van der Waals surface area (Å²) in [6.07, 6.45) is 2.27. The summed E-state index contributed by atoms with van der Waals surface area (Å²) in [5.41, 5.74) is 1.94. The van der Waals surface area contributed by atoms with Gasteiger partial charge in [0.25, 0.3) is 5.91 Å². The molecule has 0 radical (unpaired) electrons. The predicted octanol–water partition coefficient (Wildman–Crippen LogP) is 2.69. The SMILES string of the molecule is COc1ccc(C(=O)NCCNC2CCN(Cc3ccccc3)CC2)cc1OC. The number of ether oxygens (including phenoxy) is 2. The monoisotopic (exact) mass is 397 g/mol. The molecule has 0 unspecified atom stereocenters. The highest BCUT2D eigenvalue weighted by atomic mass is 16.5. The largest absolute Gasteiger partial charge is 0.493 e. The summed E-state index contributed by atoms with van der Waals surface area (Å²) in [4.78, 5) is 14.8. The summed E-state index contributed by atoms with van der Waals surface area (Å²) < 4.78 is 10.5. The van der Waals surface area contributed by atoms with E-state index in [9.17, 15) is 4.79 Å². The van der Waals surface area contributed by atoms with Gasteiger partial charge in [0.05, 0.1) is 14.2 Å². The van der Waals surface area contributed by atoms with Gasteiger partial charge in [-0.1, -0.05) is 30.3 Å². The molecule has 1 saturated heterocycles. The van der Waals surface area contributed by atoms with Crippen LogP contribution in [0.5, 0.6) is 11.5 Å². The van der Waals surface area contributed by atoms with Gasteiger partial charge in [-0.05, 0) is 49.7 Å². The molecule has 0 atom stereocenters. The van der Waals surface area contributed by atoms with Gasteiger partial charge in [0, 0.05) is 31.2 Å². The van der Waals surface area contributed by atoms with E-state index in [1.165, 1.54) is 5.56 Å². The van der Waals surface area contributed by atoms with Crippen LogP contribution in [0.1, 0.15) is 28.8 Å². The van der Waals surface area contributed by atoms with Crippen molar-refractivity contribution in [3.63, 3.8) is 0 Å². The van der Waals surface area contributed by atoms with Gasteiger partial charge >= 0.3 is 0 Å². The third-order valence-electron chi connectivity index (χ3n) is 5.33. The first-order valence-corrected chi connectivity index (χ1v) is 10.2. The van der Waals surface area contributed by atoms with E-state index in [1.54, 1.807) is 32.4 Å². The lowest BCUT2D eigenvalue weighted by atomic mass is 10.0. The van der Waals surface area contributed by atoms with Crippen molar-refractivity contribution in [3.8, 4) is 11.5 Å². The fourth-order valence-corrected chi connectivity index (χ4v) is 3.67. The number of nitrogens with zero attached hydrogens (tertiary/aromatic N) is 1. The van der Waals surface area contributed by atoms with Crippen LogP contribution in [0.4, 0.5) is 0 Å². The highest BCUT2D eigenvalue weighted by Crippen LogP contribution is 2.27. The number of methoxy groups -OCH3 is 2. The van der Waals surface area contributed by atoms with E-state index in [0.29, 0.717) is 29.6 Å². The topological polar surface area (TPSA) is 62.8 Å². The molecule has 0 bridgehead atoms. The zero-order valence-corrected chi connectivity index (χ0v) is 17.3. The third kappa shape index (κ3) is 6.21. The number of hydrogen-bond acceptors (Lipinski definition) is 5. The van der Waals surface area contributed by atoms with Gasteiger partial charge in [-0.25, -0.2) is 0 Å². The summed E-state index contributed by atoms with van der Waals surface area (Å²) in [6, 6.07) is 16.3. The first kappa shape index (κ1) is 21.1. The quantitative estimate of drug-likeness (QED) is 0.637. The number of hydrogen-bond donors (Lipinski definition) is 2. The first-order chi connectivity index (χ1) is 14.2. The van der Waals surface area contributed by atoms with Gasteiger partial charge in [-0.3, -0.25) is 9.69 Å². The summed E-state index contributed by atoms with van der Waals surface area (Å²) in [5.74, 6) is 1.07. The van der Waals surface area contributed by atoms with Gasteiger partial charge in [0.1, 0.15) is 0 Å². The van der Waals surface area contributed by atoms with Crippen LogP contribution in [0.15, 0.2) is 48.5 Å². The molecule has 2 aromatic carbocycles. The zero-order valence-electron chi connectivity index (χ0n) is 17.3. The van der Waals surface area contributed by atoms with Crippen molar-refractivity contribution in [1.82, 2.24) is 15.5 Å². The van der Waals surface area contributed by atoms with E-state index >= 15 is 0 Å². The number of carbonyl (C=O) groups is 1. The van der Waals surface area contributed by atoms with Crippen LogP contribution in [-0.2, 0) is 6.54 Å². The smallest absolute Gasteiger partial charge is 0.251 e. The maximum absolute atomic E-state index is 12.3. The van der Waals surface area contributed by atoms with Crippen molar-refractivity contribution in [2.24, 2.45) is 0 Å². The van der Waals surface area contributed by atoms with E-state index < -0.39 is 0 Å². The molecular formula is C23H31N3O3. The number of benzene rings is 2. The highest BCUT2D eigenvalue weighted by molar-refractivity contribution is 5.94. The Bertz CT molecular complexity index is 774. The molecule has 1 aliphatic rings. The Balaban J connectivity index is 1.34. The molecule has 2 aromatic rings.